The van der Waals surface area contributed by atoms with Crippen molar-refractivity contribution in [2.45, 2.75) is 40.2 Å². The Balaban J connectivity index is 1.67. The summed E-state index contributed by atoms with van der Waals surface area (Å²) in [4.78, 5) is 24.4. The van der Waals surface area contributed by atoms with Crippen LogP contribution < -0.4 is 5.32 Å². The summed E-state index contributed by atoms with van der Waals surface area (Å²) in [6, 6.07) is 7.09. The van der Waals surface area contributed by atoms with Crippen LogP contribution in [0.2, 0.25) is 0 Å². The van der Waals surface area contributed by atoms with E-state index in [2.05, 4.69) is 17.4 Å². The van der Waals surface area contributed by atoms with Crippen LogP contribution in [-0.4, -0.2) is 23.1 Å². The van der Waals surface area contributed by atoms with E-state index in [1.54, 1.807) is 19.1 Å². The van der Waals surface area contributed by atoms with Gasteiger partial charge in [0.2, 0.25) is 0 Å². The van der Waals surface area contributed by atoms with Gasteiger partial charge in [-0.2, -0.15) is 0 Å². The van der Waals surface area contributed by atoms with Crippen molar-refractivity contribution in [3.63, 3.8) is 0 Å². The lowest BCUT2D eigenvalue weighted by Crippen LogP contribution is -2.30. The molecule has 1 atom stereocenters. The first-order valence-electron chi connectivity index (χ1n) is 8.10. The van der Waals surface area contributed by atoms with Crippen molar-refractivity contribution in [1.82, 2.24) is 5.16 Å². The van der Waals surface area contributed by atoms with E-state index in [1.807, 2.05) is 19.1 Å². The number of ether oxygens (including phenoxy) is 1. The highest BCUT2D eigenvalue weighted by Gasteiger charge is 2.22. The lowest BCUT2D eigenvalue weighted by molar-refractivity contribution is -0.123. The van der Waals surface area contributed by atoms with Crippen molar-refractivity contribution in [2.75, 3.05) is 5.32 Å². The summed E-state index contributed by atoms with van der Waals surface area (Å²) in [5.74, 6) is -0.121. The zero-order valence-corrected chi connectivity index (χ0v) is 14.7. The van der Waals surface area contributed by atoms with E-state index < -0.39 is 18.0 Å². The molecule has 1 aliphatic carbocycles. The van der Waals surface area contributed by atoms with Crippen molar-refractivity contribution >= 4 is 23.3 Å². The second kappa shape index (κ2) is 6.55. The van der Waals surface area contributed by atoms with Gasteiger partial charge in [-0.15, -0.1) is 0 Å². The number of anilines is 1. The van der Waals surface area contributed by atoms with Gasteiger partial charge in [0, 0.05) is 6.07 Å². The largest absolute Gasteiger partial charge is 0.449 e. The Morgan fingerprint density at radius 1 is 1.24 bits per heavy atom. The van der Waals surface area contributed by atoms with Crippen molar-refractivity contribution in [1.29, 1.82) is 0 Å². The number of carbonyl (C=O) groups excluding carboxylic acids is 2. The summed E-state index contributed by atoms with van der Waals surface area (Å²) < 4.78 is 10.2. The van der Waals surface area contributed by atoms with Gasteiger partial charge >= 0.3 is 5.97 Å². The fraction of sp³-hybridized carbons (Fsp3) is 0.316. The molecule has 1 heterocycles. The molecule has 1 aromatic heterocycles. The Hall–Kier alpha value is -2.89. The highest BCUT2D eigenvalue weighted by atomic mass is 16.5. The molecule has 2 aromatic rings. The van der Waals surface area contributed by atoms with Crippen LogP contribution in [0.15, 0.2) is 34.4 Å². The van der Waals surface area contributed by atoms with Gasteiger partial charge in [0.1, 0.15) is 5.76 Å². The summed E-state index contributed by atoms with van der Waals surface area (Å²) >= 11 is 0. The minimum absolute atomic E-state index is 0.291. The second-order valence-corrected chi connectivity index (χ2v) is 6.31. The minimum atomic E-state index is -0.948. The molecular formula is C19H20N2O4. The van der Waals surface area contributed by atoms with E-state index in [0.29, 0.717) is 17.1 Å². The van der Waals surface area contributed by atoms with Gasteiger partial charge in [0.15, 0.2) is 11.9 Å². The maximum Gasteiger partial charge on any atom is 0.338 e. The van der Waals surface area contributed by atoms with E-state index in [-0.39, 0.29) is 0 Å². The predicted octanol–water partition coefficient (Wildman–Crippen LogP) is 3.52. The van der Waals surface area contributed by atoms with Gasteiger partial charge in [-0.1, -0.05) is 16.8 Å². The second-order valence-electron chi connectivity index (χ2n) is 6.31. The van der Waals surface area contributed by atoms with Crippen LogP contribution in [0.1, 0.15) is 48.0 Å². The van der Waals surface area contributed by atoms with Crippen LogP contribution in [-0.2, 0) is 16.0 Å². The van der Waals surface area contributed by atoms with Crippen LogP contribution in [0.25, 0.3) is 5.57 Å². The quantitative estimate of drug-likeness (QED) is 0.861. The van der Waals surface area contributed by atoms with Crippen molar-refractivity contribution in [3.05, 3.63) is 52.3 Å². The molecule has 0 radical (unpaired) electrons. The summed E-state index contributed by atoms with van der Waals surface area (Å²) in [7, 11) is 0. The van der Waals surface area contributed by atoms with Gasteiger partial charge in [0.25, 0.3) is 5.91 Å². The molecule has 1 amide bonds. The molecule has 6 heteroatoms. The molecule has 0 spiro atoms. The third-order valence-electron chi connectivity index (χ3n) is 4.38. The normalized spacial score (nSPS) is 14.2. The van der Waals surface area contributed by atoms with Crippen molar-refractivity contribution in [2.24, 2.45) is 0 Å². The number of aromatic nitrogens is 1. The van der Waals surface area contributed by atoms with Crippen molar-refractivity contribution in [3.8, 4) is 0 Å². The molecule has 0 saturated heterocycles. The zero-order valence-electron chi connectivity index (χ0n) is 14.7. The van der Waals surface area contributed by atoms with E-state index in [0.717, 1.165) is 12.0 Å². The van der Waals surface area contributed by atoms with Crippen molar-refractivity contribution < 1.29 is 18.8 Å². The van der Waals surface area contributed by atoms with Gasteiger partial charge in [-0.25, -0.2) is 4.79 Å². The number of aryl methyl sites for hydroxylation is 1. The van der Waals surface area contributed by atoms with Gasteiger partial charge < -0.3 is 14.6 Å². The zero-order chi connectivity index (χ0) is 18.1. The number of carbonyl (C=O) groups is 2. The Bertz CT molecular complexity index is 879. The smallest absolute Gasteiger partial charge is 0.338 e. The molecule has 0 saturated carbocycles. The molecule has 0 fully saturated rings. The van der Waals surface area contributed by atoms with E-state index >= 15 is 0 Å². The number of benzene rings is 1. The Labute approximate surface area is 145 Å². The number of hydrogen-bond acceptors (Lipinski definition) is 5. The Kier molecular flexibility index (Phi) is 4.44. The highest BCUT2D eigenvalue weighted by molar-refractivity contribution is 5.97. The molecular weight excluding hydrogens is 320 g/mol. The van der Waals surface area contributed by atoms with Crippen LogP contribution >= 0.6 is 0 Å². The number of hydrogen-bond donors (Lipinski definition) is 1. The first kappa shape index (κ1) is 17.0. The number of nitrogens with zero attached hydrogens (tertiary/aromatic N) is 1. The third kappa shape index (κ3) is 3.47. The summed E-state index contributed by atoms with van der Waals surface area (Å²) in [6.07, 6.45) is -0.0389. The van der Waals surface area contributed by atoms with E-state index in [4.69, 9.17) is 9.26 Å². The molecule has 1 aliphatic rings. The number of rotatable bonds is 4. The molecule has 0 aliphatic heterocycles. The molecule has 25 heavy (non-hydrogen) atoms. The molecule has 1 aromatic carbocycles. The Morgan fingerprint density at radius 2 is 2.00 bits per heavy atom. The fourth-order valence-corrected chi connectivity index (χ4v) is 2.79. The first-order chi connectivity index (χ1) is 11.8. The third-order valence-corrected chi connectivity index (χ3v) is 4.38. The SMILES string of the molecule is CC1=C(C)c2cc(C(=O)O[C@H](C)C(=O)Nc3cc(C)on3)ccc2C1. The first-order valence-corrected chi connectivity index (χ1v) is 8.10. The molecule has 3 rings (SSSR count). The van der Waals surface area contributed by atoms with Crippen LogP contribution in [0, 0.1) is 6.92 Å². The number of fused-ring (bicyclic) bond motifs is 1. The van der Waals surface area contributed by atoms with Gasteiger partial charge in [-0.3, -0.25) is 4.79 Å². The average molecular weight is 340 g/mol. The van der Waals surface area contributed by atoms with E-state index in [1.165, 1.54) is 23.6 Å². The number of allylic oxidation sites excluding steroid dienone is 2. The number of nitrogens with one attached hydrogen (secondary N) is 1. The molecule has 1 N–H and O–H groups in total. The molecule has 6 nitrogen and oxygen atoms in total. The molecule has 0 unspecified atom stereocenters. The number of esters is 1. The standard InChI is InChI=1S/C19H20N2O4/c1-10-7-14-5-6-15(9-16(14)12(10)3)19(23)24-13(4)18(22)20-17-8-11(2)25-21-17/h5-6,8-9,13H,7H2,1-4H3,(H,20,21,22)/t13-/m1/s1. The predicted molar refractivity (Wildman–Crippen MR) is 93.2 cm³/mol. The van der Waals surface area contributed by atoms with Gasteiger partial charge in [-0.05, 0) is 62.9 Å². The Morgan fingerprint density at radius 3 is 2.68 bits per heavy atom. The number of amides is 1. The fourth-order valence-electron chi connectivity index (χ4n) is 2.79. The van der Waals surface area contributed by atoms with Gasteiger partial charge in [0.05, 0.1) is 5.56 Å². The molecule has 0 bridgehead atoms. The monoisotopic (exact) mass is 340 g/mol. The maximum absolute atomic E-state index is 12.4. The lowest BCUT2D eigenvalue weighted by atomic mass is 10.0. The summed E-state index contributed by atoms with van der Waals surface area (Å²) in [6.45, 7) is 7.37. The summed E-state index contributed by atoms with van der Waals surface area (Å²) in [5, 5.41) is 6.22. The molecule has 130 valence electrons. The maximum atomic E-state index is 12.4. The summed E-state index contributed by atoms with van der Waals surface area (Å²) in [5.41, 5.74) is 5.21. The topological polar surface area (TPSA) is 81.4 Å². The van der Waals surface area contributed by atoms with Crippen LogP contribution in [0.5, 0.6) is 0 Å². The van der Waals surface area contributed by atoms with Crippen LogP contribution in [0.3, 0.4) is 0 Å². The van der Waals surface area contributed by atoms with Crippen LogP contribution in [0.4, 0.5) is 5.82 Å². The average Bonchev–Trinajstić information content (AvgIpc) is 3.10. The van der Waals surface area contributed by atoms with E-state index in [9.17, 15) is 9.59 Å². The highest BCUT2D eigenvalue weighted by Crippen LogP contribution is 2.32. The minimum Gasteiger partial charge on any atom is -0.449 e. The lowest BCUT2D eigenvalue weighted by Gasteiger charge is -2.13.